The number of likely N-dealkylation sites (tertiary alicyclic amines) is 1. The van der Waals surface area contributed by atoms with Crippen LogP contribution in [0.5, 0.6) is 0 Å². The molecule has 0 unspecified atom stereocenters. The Hall–Kier alpha value is -2.87. The summed E-state index contributed by atoms with van der Waals surface area (Å²) >= 11 is 0. The van der Waals surface area contributed by atoms with Crippen LogP contribution in [0.1, 0.15) is 52.0 Å². The normalized spacial score (nSPS) is 17.6. The van der Waals surface area contributed by atoms with E-state index in [0.717, 1.165) is 29.7 Å². The molecule has 8 nitrogen and oxygen atoms in total. The van der Waals surface area contributed by atoms with Crippen LogP contribution in [0.15, 0.2) is 22.6 Å². The maximum Gasteiger partial charge on any atom is 0.321 e. The first kappa shape index (κ1) is 21.4. The summed E-state index contributed by atoms with van der Waals surface area (Å²) in [7, 11) is 0. The van der Waals surface area contributed by atoms with E-state index in [1.54, 1.807) is 11.8 Å². The van der Waals surface area contributed by atoms with Crippen LogP contribution in [-0.2, 0) is 4.74 Å². The van der Waals surface area contributed by atoms with E-state index >= 15 is 0 Å². The van der Waals surface area contributed by atoms with Crippen molar-refractivity contribution < 1.29 is 18.7 Å². The number of carbonyl (C=O) groups excluding carboxylic acids is 2. The van der Waals surface area contributed by atoms with Crippen molar-refractivity contribution in [2.24, 2.45) is 0 Å². The molecule has 2 fully saturated rings. The van der Waals surface area contributed by atoms with Gasteiger partial charge in [0.05, 0.1) is 13.2 Å². The van der Waals surface area contributed by atoms with Crippen molar-refractivity contribution in [1.29, 1.82) is 0 Å². The Labute approximate surface area is 182 Å². The number of rotatable bonds is 3. The summed E-state index contributed by atoms with van der Waals surface area (Å²) in [5, 5.41) is 3.03. The summed E-state index contributed by atoms with van der Waals surface area (Å²) in [4.78, 5) is 33.6. The Morgan fingerprint density at radius 2 is 1.74 bits per heavy atom. The van der Waals surface area contributed by atoms with Crippen LogP contribution >= 0.6 is 0 Å². The molecular weight excluding hydrogens is 396 g/mol. The lowest BCUT2D eigenvalue weighted by Gasteiger charge is -2.31. The number of hydrogen-bond donors (Lipinski definition) is 1. The highest BCUT2D eigenvalue weighted by molar-refractivity contribution is 5.93. The van der Waals surface area contributed by atoms with E-state index in [9.17, 15) is 9.59 Å². The predicted octanol–water partition coefficient (Wildman–Crippen LogP) is 3.48. The van der Waals surface area contributed by atoms with Gasteiger partial charge in [0.25, 0.3) is 5.91 Å². The quantitative estimate of drug-likeness (QED) is 0.812. The van der Waals surface area contributed by atoms with E-state index in [1.165, 1.54) is 0 Å². The first-order chi connectivity index (χ1) is 14.9. The van der Waals surface area contributed by atoms with Crippen molar-refractivity contribution in [3.63, 3.8) is 0 Å². The standard InChI is InChI=1S/C23H30N4O4/c1-15-4-5-16(2)19(14-15)24-23(29)27-8-6-18(7-9-27)21-25-20(17(3)31-21)22(28)26-10-12-30-13-11-26/h4-5,14,18H,6-13H2,1-3H3,(H,24,29). The summed E-state index contributed by atoms with van der Waals surface area (Å²) in [5.41, 5.74) is 3.40. The third-order valence-corrected chi connectivity index (χ3v) is 6.08. The molecule has 8 heteroatoms. The number of carbonyl (C=O) groups is 2. The van der Waals surface area contributed by atoms with Gasteiger partial charge in [0.2, 0.25) is 0 Å². The van der Waals surface area contributed by atoms with Gasteiger partial charge >= 0.3 is 6.03 Å². The van der Waals surface area contributed by atoms with Crippen LogP contribution in [0.3, 0.4) is 0 Å². The molecule has 0 bridgehead atoms. The maximum absolute atomic E-state index is 12.8. The average Bonchev–Trinajstić information content (AvgIpc) is 3.18. The van der Waals surface area contributed by atoms with Gasteiger partial charge in [-0.2, -0.15) is 0 Å². The Bertz CT molecular complexity index is 956. The SMILES string of the molecule is Cc1ccc(C)c(NC(=O)N2CCC(c3nc(C(=O)N4CCOCC4)c(C)o3)CC2)c1. The first-order valence-electron chi connectivity index (χ1n) is 10.9. The Kier molecular flexibility index (Phi) is 6.27. The number of amides is 3. The van der Waals surface area contributed by atoms with Crippen LogP contribution in [0, 0.1) is 20.8 Å². The monoisotopic (exact) mass is 426 g/mol. The second-order valence-electron chi connectivity index (χ2n) is 8.37. The van der Waals surface area contributed by atoms with Crippen molar-refractivity contribution in [3.8, 4) is 0 Å². The average molecular weight is 427 g/mol. The number of ether oxygens (including phenoxy) is 1. The van der Waals surface area contributed by atoms with Gasteiger partial charge < -0.3 is 24.3 Å². The number of urea groups is 1. The number of anilines is 1. The molecule has 0 atom stereocenters. The molecule has 1 aromatic heterocycles. The number of piperidine rings is 1. The third kappa shape index (κ3) is 4.74. The zero-order chi connectivity index (χ0) is 22.0. The van der Waals surface area contributed by atoms with Gasteiger partial charge in [0, 0.05) is 37.8 Å². The lowest BCUT2D eigenvalue weighted by molar-refractivity contribution is 0.0298. The third-order valence-electron chi connectivity index (χ3n) is 6.08. The maximum atomic E-state index is 12.8. The summed E-state index contributed by atoms with van der Waals surface area (Å²) in [6.45, 7) is 9.29. The smallest absolute Gasteiger partial charge is 0.321 e. The van der Waals surface area contributed by atoms with E-state index in [0.29, 0.717) is 56.7 Å². The topological polar surface area (TPSA) is 87.9 Å². The van der Waals surface area contributed by atoms with Gasteiger partial charge in [0.1, 0.15) is 5.76 Å². The molecule has 0 saturated carbocycles. The van der Waals surface area contributed by atoms with Crippen molar-refractivity contribution in [2.75, 3.05) is 44.7 Å². The summed E-state index contributed by atoms with van der Waals surface area (Å²) < 4.78 is 11.2. The fourth-order valence-corrected chi connectivity index (χ4v) is 4.10. The fourth-order valence-electron chi connectivity index (χ4n) is 4.10. The van der Waals surface area contributed by atoms with Crippen molar-refractivity contribution >= 4 is 17.6 Å². The molecule has 2 aromatic rings. The Morgan fingerprint density at radius 3 is 2.45 bits per heavy atom. The van der Waals surface area contributed by atoms with Gasteiger partial charge in [-0.1, -0.05) is 12.1 Å². The zero-order valence-electron chi connectivity index (χ0n) is 18.4. The molecule has 1 N–H and O–H groups in total. The minimum absolute atomic E-state index is 0.0843. The summed E-state index contributed by atoms with van der Waals surface area (Å²) in [6.07, 6.45) is 1.51. The number of benzene rings is 1. The minimum atomic E-state index is -0.0962. The highest BCUT2D eigenvalue weighted by Gasteiger charge is 2.30. The first-order valence-corrected chi connectivity index (χ1v) is 10.9. The van der Waals surface area contributed by atoms with Crippen LogP contribution in [0.4, 0.5) is 10.5 Å². The minimum Gasteiger partial charge on any atom is -0.445 e. The van der Waals surface area contributed by atoms with E-state index in [-0.39, 0.29) is 17.9 Å². The highest BCUT2D eigenvalue weighted by atomic mass is 16.5. The van der Waals surface area contributed by atoms with Gasteiger partial charge in [-0.25, -0.2) is 9.78 Å². The van der Waals surface area contributed by atoms with E-state index < -0.39 is 0 Å². The number of morpholine rings is 1. The molecule has 0 spiro atoms. The number of aromatic nitrogens is 1. The lowest BCUT2D eigenvalue weighted by atomic mass is 9.97. The van der Waals surface area contributed by atoms with E-state index in [2.05, 4.69) is 10.3 Å². The molecule has 2 aliphatic rings. The molecule has 1 aromatic carbocycles. The van der Waals surface area contributed by atoms with Gasteiger partial charge in [0.15, 0.2) is 11.6 Å². The number of nitrogens with zero attached hydrogens (tertiary/aromatic N) is 3. The number of oxazole rings is 1. The van der Waals surface area contributed by atoms with E-state index in [4.69, 9.17) is 9.15 Å². The zero-order valence-corrected chi connectivity index (χ0v) is 18.4. The number of aryl methyl sites for hydroxylation is 3. The van der Waals surface area contributed by atoms with Crippen LogP contribution < -0.4 is 5.32 Å². The van der Waals surface area contributed by atoms with Gasteiger partial charge in [-0.15, -0.1) is 0 Å². The van der Waals surface area contributed by atoms with Crippen LogP contribution in [0.2, 0.25) is 0 Å². The predicted molar refractivity (Wildman–Crippen MR) is 116 cm³/mol. The Morgan fingerprint density at radius 1 is 1.03 bits per heavy atom. The number of nitrogens with one attached hydrogen (secondary N) is 1. The second-order valence-corrected chi connectivity index (χ2v) is 8.37. The summed E-state index contributed by atoms with van der Waals surface area (Å²) in [6, 6.07) is 5.95. The Balaban J connectivity index is 1.36. The molecule has 2 saturated heterocycles. The second kappa shape index (κ2) is 9.09. The summed E-state index contributed by atoms with van der Waals surface area (Å²) in [5.74, 6) is 1.17. The lowest BCUT2D eigenvalue weighted by Crippen LogP contribution is -2.41. The van der Waals surface area contributed by atoms with Crippen molar-refractivity contribution in [2.45, 2.75) is 39.5 Å². The molecule has 3 amide bonds. The molecule has 166 valence electrons. The van der Waals surface area contributed by atoms with Gasteiger partial charge in [-0.3, -0.25) is 4.79 Å². The molecule has 0 radical (unpaired) electrons. The number of hydrogen-bond acceptors (Lipinski definition) is 5. The highest BCUT2D eigenvalue weighted by Crippen LogP contribution is 2.30. The molecular formula is C23H30N4O4. The molecule has 3 heterocycles. The van der Waals surface area contributed by atoms with Crippen molar-refractivity contribution in [3.05, 3.63) is 46.7 Å². The van der Waals surface area contributed by atoms with Crippen LogP contribution in [-0.4, -0.2) is 66.1 Å². The van der Waals surface area contributed by atoms with Gasteiger partial charge in [-0.05, 0) is 50.8 Å². The molecule has 2 aliphatic heterocycles. The largest absolute Gasteiger partial charge is 0.445 e. The van der Waals surface area contributed by atoms with Crippen molar-refractivity contribution in [1.82, 2.24) is 14.8 Å². The van der Waals surface area contributed by atoms with E-state index in [1.807, 2.05) is 36.9 Å². The molecule has 31 heavy (non-hydrogen) atoms. The molecule has 0 aliphatic carbocycles. The van der Waals surface area contributed by atoms with Crippen LogP contribution in [0.25, 0.3) is 0 Å². The molecule has 4 rings (SSSR count). The fraction of sp³-hybridized carbons (Fsp3) is 0.522.